The molecular formula is C13H13Cl2N3O. The van der Waals surface area contributed by atoms with Crippen molar-refractivity contribution in [1.29, 1.82) is 0 Å². The van der Waals surface area contributed by atoms with Crippen molar-refractivity contribution in [3.63, 3.8) is 0 Å². The highest BCUT2D eigenvalue weighted by molar-refractivity contribution is 6.36. The maximum atomic E-state index is 12.2. The van der Waals surface area contributed by atoms with E-state index in [2.05, 4.69) is 10.3 Å². The molecule has 1 heterocycles. The lowest BCUT2D eigenvalue weighted by Crippen LogP contribution is -2.19. The van der Waals surface area contributed by atoms with Crippen molar-refractivity contribution in [3.8, 4) is 0 Å². The summed E-state index contributed by atoms with van der Waals surface area (Å²) in [5.74, 6) is 0.0453. The molecule has 1 aromatic heterocycles. The van der Waals surface area contributed by atoms with E-state index in [1.807, 2.05) is 13.8 Å². The van der Waals surface area contributed by atoms with Crippen molar-refractivity contribution in [2.24, 2.45) is 0 Å². The Morgan fingerprint density at radius 2 is 2.11 bits per heavy atom. The monoisotopic (exact) mass is 297 g/mol. The third-order valence-electron chi connectivity index (χ3n) is 2.61. The molecule has 2 aromatic rings. The molecule has 100 valence electrons. The quantitative estimate of drug-likeness (QED) is 0.930. The summed E-state index contributed by atoms with van der Waals surface area (Å²) in [6.45, 7) is 3.96. The van der Waals surface area contributed by atoms with E-state index in [4.69, 9.17) is 23.2 Å². The number of nitrogens with zero attached hydrogens (tertiary/aromatic N) is 2. The number of amides is 1. The number of carbonyl (C=O) groups excluding carboxylic acids is 1. The predicted octanol–water partition coefficient (Wildman–Crippen LogP) is 4.02. The van der Waals surface area contributed by atoms with Gasteiger partial charge < -0.3 is 9.88 Å². The van der Waals surface area contributed by atoms with Crippen LogP contribution in [0.2, 0.25) is 10.0 Å². The molecule has 4 nitrogen and oxygen atoms in total. The second-order valence-corrected chi connectivity index (χ2v) is 5.17. The highest BCUT2D eigenvalue weighted by atomic mass is 35.5. The predicted molar refractivity (Wildman–Crippen MR) is 77.0 cm³/mol. The van der Waals surface area contributed by atoms with Crippen LogP contribution in [-0.4, -0.2) is 15.5 Å². The van der Waals surface area contributed by atoms with Gasteiger partial charge in [-0.3, -0.25) is 4.79 Å². The third kappa shape index (κ3) is 3.08. The smallest absolute Gasteiger partial charge is 0.291 e. The molecule has 0 aliphatic rings. The molecule has 0 saturated carbocycles. The second-order valence-electron chi connectivity index (χ2n) is 4.33. The van der Waals surface area contributed by atoms with E-state index in [0.29, 0.717) is 21.6 Å². The molecule has 0 aliphatic carbocycles. The number of imidazole rings is 1. The first-order valence-corrected chi connectivity index (χ1v) is 6.54. The number of nitrogens with one attached hydrogen (secondary N) is 1. The molecule has 1 amide bonds. The van der Waals surface area contributed by atoms with Gasteiger partial charge in [-0.05, 0) is 32.0 Å². The first-order chi connectivity index (χ1) is 8.99. The topological polar surface area (TPSA) is 46.9 Å². The Balaban J connectivity index is 2.23. The summed E-state index contributed by atoms with van der Waals surface area (Å²) >= 11 is 11.8. The molecule has 0 radical (unpaired) electrons. The van der Waals surface area contributed by atoms with Gasteiger partial charge in [-0.15, -0.1) is 0 Å². The van der Waals surface area contributed by atoms with Gasteiger partial charge in [0, 0.05) is 23.5 Å². The Morgan fingerprint density at radius 1 is 1.37 bits per heavy atom. The molecule has 0 atom stereocenters. The lowest BCUT2D eigenvalue weighted by Gasteiger charge is -2.12. The van der Waals surface area contributed by atoms with E-state index in [-0.39, 0.29) is 11.9 Å². The van der Waals surface area contributed by atoms with E-state index < -0.39 is 0 Å². The van der Waals surface area contributed by atoms with Crippen molar-refractivity contribution in [2.75, 3.05) is 5.32 Å². The van der Waals surface area contributed by atoms with Crippen LogP contribution in [0.25, 0.3) is 0 Å². The van der Waals surface area contributed by atoms with Gasteiger partial charge in [0.05, 0.1) is 10.7 Å². The van der Waals surface area contributed by atoms with Gasteiger partial charge in [0.1, 0.15) is 0 Å². The summed E-state index contributed by atoms with van der Waals surface area (Å²) < 4.78 is 1.79. The zero-order chi connectivity index (χ0) is 14.0. The van der Waals surface area contributed by atoms with Gasteiger partial charge in [-0.25, -0.2) is 4.98 Å². The van der Waals surface area contributed by atoms with Gasteiger partial charge in [0.15, 0.2) is 5.82 Å². The number of carbonyl (C=O) groups is 1. The van der Waals surface area contributed by atoms with E-state index in [1.165, 1.54) is 0 Å². The molecule has 6 heteroatoms. The van der Waals surface area contributed by atoms with E-state index in [1.54, 1.807) is 35.2 Å². The normalized spacial score (nSPS) is 10.8. The van der Waals surface area contributed by atoms with Crippen LogP contribution in [0.1, 0.15) is 30.5 Å². The molecule has 0 bridgehead atoms. The Bertz CT molecular complexity index is 608. The van der Waals surface area contributed by atoms with Crippen molar-refractivity contribution in [3.05, 3.63) is 46.5 Å². The first-order valence-electron chi connectivity index (χ1n) is 5.78. The van der Waals surface area contributed by atoms with Crippen LogP contribution in [0.15, 0.2) is 30.6 Å². The van der Waals surface area contributed by atoms with Crippen molar-refractivity contribution < 1.29 is 4.79 Å². The van der Waals surface area contributed by atoms with Crippen molar-refractivity contribution in [2.45, 2.75) is 19.9 Å². The number of anilines is 1. The fourth-order valence-electron chi connectivity index (χ4n) is 1.67. The van der Waals surface area contributed by atoms with Gasteiger partial charge in [0.25, 0.3) is 5.91 Å². The highest BCUT2D eigenvalue weighted by Crippen LogP contribution is 2.25. The van der Waals surface area contributed by atoms with Crippen LogP contribution in [-0.2, 0) is 0 Å². The van der Waals surface area contributed by atoms with E-state index in [9.17, 15) is 4.79 Å². The highest BCUT2D eigenvalue weighted by Gasteiger charge is 2.15. The van der Waals surface area contributed by atoms with Gasteiger partial charge in [-0.1, -0.05) is 23.2 Å². The lowest BCUT2D eigenvalue weighted by atomic mass is 10.3. The number of rotatable bonds is 3. The Labute approximate surface area is 121 Å². The maximum absolute atomic E-state index is 12.2. The summed E-state index contributed by atoms with van der Waals surface area (Å²) in [7, 11) is 0. The minimum Gasteiger partial charge on any atom is -0.324 e. The Hall–Kier alpha value is -1.52. The Kier molecular flexibility index (Phi) is 4.12. The largest absolute Gasteiger partial charge is 0.324 e. The number of halogens is 2. The fourth-order valence-corrected chi connectivity index (χ4v) is 2.13. The van der Waals surface area contributed by atoms with Crippen LogP contribution in [0, 0.1) is 0 Å². The van der Waals surface area contributed by atoms with Gasteiger partial charge in [-0.2, -0.15) is 0 Å². The van der Waals surface area contributed by atoms with Crippen LogP contribution >= 0.6 is 23.2 Å². The van der Waals surface area contributed by atoms with Crippen LogP contribution in [0.4, 0.5) is 5.69 Å². The molecule has 0 saturated heterocycles. The number of hydrogen-bond acceptors (Lipinski definition) is 2. The SMILES string of the molecule is CC(C)n1ccnc1C(=O)Nc1ccc(Cl)cc1Cl. The number of aromatic nitrogens is 2. The first kappa shape index (κ1) is 13.9. The third-order valence-corrected chi connectivity index (χ3v) is 3.16. The Morgan fingerprint density at radius 3 is 2.74 bits per heavy atom. The summed E-state index contributed by atoms with van der Waals surface area (Å²) in [6, 6.07) is 5.06. The summed E-state index contributed by atoms with van der Waals surface area (Å²) in [6.07, 6.45) is 3.36. The van der Waals surface area contributed by atoms with Crippen LogP contribution < -0.4 is 5.32 Å². The minimum absolute atomic E-state index is 0.156. The maximum Gasteiger partial charge on any atom is 0.291 e. The minimum atomic E-state index is -0.303. The fraction of sp³-hybridized carbons (Fsp3) is 0.231. The lowest BCUT2D eigenvalue weighted by molar-refractivity contribution is 0.101. The summed E-state index contributed by atoms with van der Waals surface area (Å²) in [5, 5.41) is 3.63. The molecule has 0 spiro atoms. The van der Waals surface area contributed by atoms with Gasteiger partial charge >= 0.3 is 0 Å². The zero-order valence-corrected chi connectivity index (χ0v) is 12.0. The van der Waals surface area contributed by atoms with Crippen LogP contribution in [0.3, 0.4) is 0 Å². The van der Waals surface area contributed by atoms with Crippen molar-refractivity contribution in [1.82, 2.24) is 9.55 Å². The average Bonchev–Trinajstić information content (AvgIpc) is 2.82. The standard InChI is InChI=1S/C13H13Cl2N3O/c1-8(2)18-6-5-16-12(18)13(19)17-11-4-3-9(14)7-10(11)15/h3-8H,1-2H3,(H,17,19). The molecule has 0 unspecified atom stereocenters. The molecule has 1 aromatic carbocycles. The zero-order valence-electron chi connectivity index (χ0n) is 10.5. The molecule has 19 heavy (non-hydrogen) atoms. The van der Waals surface area contributed by atoms with E-state index >= 15 is 0 Å². The van der Waals surface area contributed by atoms with Crippen molar-refractivity contribution >= 4 is 34.8 Å². The number of hydrogen-bond donors (Lipinski definition) is 1. The molecule has 0 fully saturated rings. The number of benzene rings is 1. The molecule has 2 rings (SSSR count). The summed E-state index contributed by atoms with van der Waals surface area (Å²) in [5.41, 5.74) is 0.509. The molecular weight excluding hydrogens is 285 g/mol. The second kappa shape index (κ2) is 5.63. The molecule has 0 aliphatic heterocycles. The average molecular weight is 298 g/mol. The van der Waals surface area contributed by atoms with Crippen LogP contribution in [0.5, 0.6) is 0 Å². The van der Waals surface area contributed by atoms with E-state index in [0.717, 1.165) is 0 Å². The van der Waals surface area contributed by atoms with Gasteiger partial charge in [0.2, 0.25) is 0 Å². The summed E-state index contributed by atoms with van der Waals surface area (Å²) in [4.78, 5) is 16.2. The molecule has 1 N–H and O–H groups in total.